The molecule has 2 rings (SSSR count). The smallest absolute Gasteiger partial charge is 0.253 e. The molecule has 0 aliphatic heterocycles. The predicted molar refractivity (Wildman–Crippen MR) is 65.5 cm³/mol. The Hall–Kier alpha value is -2.17. The highest BCUT2D eigenvalue weighted by atomic mass is 19.1. The highest BCUT2D eigenvalue weighted by molar-refractivity contribution is 5.94. The summed E-state index contributed by atoms with van der Waals surface area (Å²) in [5.41, 5.74) is 1.88. The lowest BCUT2D eigenvalue weighted by molar-refractivity contribution is 0.0785. The van der Waals surface area contributed by atoms with Gasteiger partial charge in [-0.15, -0.1) is 0 Å². The van der Waals surface area contributed by atoms with Crippen molar-refractivity contribution < 1.29 is 9.18 Å². The molecule has 0 atom stereocenters. The summed E-state index contributed by atoms with van der Waals surface area (Å²) in [6.07, 6.45) is 3.40. The van der Waals surface area contributed by atoms with Crippen LogP contribution in [-0.4, -0.2) is 28.1 Å². The lowest BCUT2D eigenvalue weighted by atomic mass is 10.1. The normalized spacial score (nSPS) is 10.4. The van der Waals surface area contributed by atoms with Gasteiger partial charge in [-0.2, -0.15) is 5.10 Å². The molecule has 0 spiro atoms. The van der Waals surface area contributed by atoms with E-state index in [1.54, 1.807) is 37.3 Å². The fourth-order valence-corrected chi connectivity index (χ4v) is 1.71. The number of carbonyl (C=O) groups is 1. The number of hydrogen-bond donors (Lipinski definition) is 1. The number of halogens is 1. The van der Waals surface area contributed by atoms with E-state index in [9.17, 15) is 9.18 Å². The topological polar surface area (TPSA) is 49.0 Å². The molecule has 1 heterocycles. The maximum Gasteiger partial charge on any atom is 0.253 e. The Balaban J connectivity index is 2.12. The molecule has 0 unspecified atom stereocenters. The third-order valence-electron chi connectivity index (χ3n) is 2.73. The van der Waals surface area contributed by atoms with Gasteiger partial charge in [0.05, 0.1) is 6.20 Å². The summed E-state index contributed by atoms with van der Waals surface area (Å²) in [5, 5.41) is 6.51. The molecule has 1 aromatic carbocycles. The number of amides is 1. The quantitative estimate of drug-likeness (QED) is 0.903. The van der Waals surface area contributed by atoms with E-state index in [2.05, 4.69) is 10.2 Å². The van der Waals surface area contributed by atoms with Gasteiger partial charge in [-0.05, 0) is 30.7 Å². The first-order valence-corrected chi connectivity index (χ1v) is 5.57. The molecule has 0 bridgehead atoms. The molecular formula is C13H14FN3O. The van der Waals surface area contributed by atoms with Crippen LogP contribution in [0.4, 0.5) is 4.39 Å². The van der Waals surface area contributed by atoms with Gasteiger partial charge in [0.15, 0.2) is 0 Å². The number of rotatable bonds is 3. The molecule has 0 saturated heterocycles. The summed E-state index contributed by atoms with van der Waals surface area (Å²) < 4.78 is 13.1. The number of aromatic nitrogens is 2. The van der Waals surface area contributed by atoms with Crippen molar-refractivity contribution in [2.75, 3.05) is 7.05 Å². The fourth-order valence-electron chi connectivity index (χ4n) is 1.71. The zero-order valence-electron chi connectivity index (χ0n) is 10.3. The Bertz CT molecular complexity index is 551. The molecule has 1 amide bonds. The molecule has 0 aliphatic carbocycles. The molecule has 1 N–H and O–H groups in total. The predicted octanol–water partition coefficient (Wildman–Crippen LogP) is 2.13. The molecule has 0 fully saturated rings. The number of benzene rings is 1. The van der Waals surface area contributed by atoms with Crippen molar-refractivity contribution >= 4 is 5.91 Å². The Morgan fingerprint density at radius 1 is 1.50 bits per heavy atom. The van der Waals surface area contributed by atoms with Gasteiger partial charge in [0.25, 0.3) is 5.91 Å². The molecule has 18 heavy (non-hydrogen) atoms. The lowest BCUT2D eigenvalue weighted by Crippen LogP contribution is -2.26. The van der Waals surface area contributed by atoms with E-state index in [1.807, 2.05) is 0 Å². The number of nitrogens with zero attached hydrogens (tertiary/aromatic N) is 2. The number of aromatic amines is 1. The summed E-state index contributed by atoms with van der Waals surface area (Å²) >= 11 is 0. The van der Waals surface area contributed by atoms with E-state index < -0.39 is 0 Å². The van der Waals surface area contributed by atoms with Gasteiger partial charge in [-0.1, -0.05) is 0 Å². The fraction of sp³-hybridized carbons (Fsp3) is 0.231. The summed E-state index contributed by atoms with van der Waals surface area (Å²) in [4.78, 5) is 13.7. The second-order valence-electron chi connectivity index (χ2n) is 4.23. The second kappa shape index (κ2) is 5.00. The van der Waals surface area contributed by atoms with Crippen LogP contribution in [0.25, 0.3) is 0 Å². The van der Waals surface area contributed by atoms with Gasteiger partial charge < -0.3 is 4.90 Å². The van der Waals surface area contributed by atoms with E-state index in [4.69, 9.17) is 0 Å². The summed E-state index contributed by atoms with van der Waals surface area (Å²) in [6.45, 7) is 2.11. The highest BCUT2D eigenvalue weighted by Crippen LogP contribution is 2.12. The van der Waals surface area contributed by atoms with Crippen LogP contribution < -0.4 is 0 Å². The van der Waals surface area contributed by atoms with Gasteiger partial charge in [0.1, 0.15) is 5.82 Å². The van der Waals surface area contributed by atoms with Crippen molar-refractivity contribution in [3.63, 3.8) is 0 Å². The van der Waals surface area contributed by atoms with Crippen molar-refractivity contribution in [1.29, 1.82) is 0 Å². The van der Waals surface area contributed by atoms with E-state index >= 15 is 0 Å². The third-order valence-corrected chi connectivity index (χ3v) is 2.73. The van der Waals surface area contributed by atoms with Gasteiger partial charge >= 0.3 is 0 Å². The van der Waals surface area contributed by atoms with E-state index in [-0.39, 0.29) is 11.7 Å². The summed E-state index contributed by atoms with van der Waals surface area (Å²) in [7, 11) is 1.70. The Labute approximate surface area is 104 Å². The number of aryl methyl sites for hydroxylation is 1. The maximum atomic E-state index is 13.1. The van der Waals surface area contributed by atoms with E-state index in [1.165, 1.54) is 12.1 Å². The summed E-state index contributed by atoms with van der Waals surface area (Å²) in [6, 6.07) is 4.37. The van der Waals surface area contributed by atoms with Crippen LogP contribution in [0.5, 0.6) is 0 Å². The third kappa shape index (κ3) is 2.56. The number of nitrogens with one attached hydrogen (secondary N) is 1. The van der Waals surface area contributed by atoms with Crippen LogP contribution in [0.2, 0.25) is 0 Å². The first-order chi connectivity index (χ1) is 8.58. The molecule has 1 aromatic heterocycles. The maximum absolute atomic E-state index is 13.1. The molecule has 0 radical (unpaired) electrons. The largest absolute Gasteiger partial charge is 0.337 e. The van der Waals surface area contributed by atoms with Crippen LogP contribution in [0.3, 0.4) is 0 Å². The molecule has 94 valence electrons. The number of hydrogen-bond acceptors (Lipinski definition) is 2. The first kappa shape index (κ1) is 12.3. The van der Waals surface area contributed by atoms with Gasteiger partial charge in [-0.3, -0.25) is 9.89 Å². The van der Waals surface area contributed by atoms with Crippen molar-refractivity contribution in [2.24, 2.45) is 0 Å². The van der Waals surface area contributed by atoms with Gasteiger partial charge in [0, 0.05) is 30.9 Å². The van der Waals surface area contributed by atoms with E-state index in [0.29, 0.717) is 17.7 Å². The Morgan fingerprint density at radius 2 is 2.28 bits per heavy atom. The molecule has 0 aliphatic rings. The number of H-pyrrole nitrogens is 1. The molecule has 5 heteroatoms. The van der Waals surface area contributed by atoms with Crippen molar-refractivity contribution in [3.05, 3.63) is 53.1 Å². The van der Waals surface area contributed by atoms with Crippen LogP contribution in [0.1, 0.15) is 21.5 Å². The SMILES string of the molecule is Cc1cc(C(=O)N(C)Cc2cn[nH]c2)ccc1F. The highest BCUT2D eigenvalue weighted by Gasteiger charge is 2.13. The molecular weight excluding hydrogens is 233 g/mol. The first-order valence-electron chi connectivity index (χ1n) is 5.57. The van der Waals surface area contributed by atoms with E-state index in [0.717, 1.165) is 5.56 Å². The van der Waals surface area contributed by atoms with Crippen LogP contribution in [-0.2, 0) is 6.54 Å². The van der Waals surface area contributed by atoms with Crippen molar-refractivity contribution in [1.82, 2.24) is 15.1 Å². The lowest BCUT2D eigenvalue weighted by Gasteiger charge is -2.16. The standard InChI is InChI=1S/C13H14FN3O/c1-9-5-11(3-4-12(9)14)13(18)17(2)8-10-6-15-16-7-10/h3-7H,8H2,1-2H3,(H,15,16). The molecule has 2 aromatic rings. The molecule has 0 saturated carbocycles. The summed E-state index contributed by atoms with van der Waals surface area (Å²) in [5.74, 6) is -0.441. The monoisotopic (exact) mass is 247 g/mol. The Morgan fingerprint density at radius 3 is 2.89 bits per heavy atom. The minimum atomic E-state index is -0.302. The van der Waals surface area contributed by atoms with Crippen LogP contribution >= 0.6 is 0 Å². The zero-order chi connectivity index (χ0) is 13.1. The average molecular weight is 247 g/mol. The van der Waals surface area contributed by atoms with Crippen LogP contribution in [0, 0.1) is 12.7 Å². The zero-order valence-corrected chi connectivity index (χ0v) is 10.3. The van der Waals surface area contributed by atoms with Crippen molar-refractivity contribution in [3.8, 4) is 0 Å². The second-order valence-corrected chi connectivity index (χ2v) is 4.23. The van der Waals surface area contributed by atoms with Crippen LogP contribution in [0.15, 0.2) is 30.6 Å². The number of carbonyl (C=O) groups excluding carboxylic acids is 1. The van der Waals surface area contributed by atoms with Gasteiger partial charge in [-0.25, -0.2) is 4.39 Å². The minimum absolute atomic E-state index is 0.140. The molecule has 4 nitrogen and oxygen atoms in total. The van der Waals surface area contributed by atoms with Crippen molar-refractivity contribution in [2.45, 2.75) is 13.5 Å². The Kier molecular flexibility index (Phi) is 3.41. The minimum Gasteiger partial charge on any atom is -0.337 e. The van der Waals surface area contributed by atoms with Gasteiger partial charge in [0.2, 0.25) is 0 Å². The average Bonchev–Trinajstić information content (AvgIpc) is 2.84.